The van der Waals surface area contributed by atoms with E-state index >= 15 is 0 Å². The third-order valence-corrected chi connectivity index (χ3v) is 5.77. The highest BCUT2D eigenvalue weighted by molar-refractivity contribution is 5.95. The molecule has 2 amide bonds. The van der Waals surface area contributed by atoms with Crippen molar-refractivity contribution < 1.29 is 24.2 Å². The number of phenols is 1. The quantitative estimate of drug-likeness (QED) is 0.601. The second-order valence-corrected chi connectivity index (χ2v) is 7.80. The molecule has 2 heterocycles. The van der Waals surface area contributed by atoms with E-state index in [0.717, 1.165) is 19.5 Å². The van der Waals surface area contributed by atoms with Crippen molar-refractivity contribution in [3.05, 3.63) is 70.4 Å². The maximum absolute atomic E-state index is 12.8. The van der Waals surface area contributed by atoms with E-state index in [1.165, 1.54) is 24.3 Å². The van der Waals surface area contributed by atoms with Gasteiger partial charge >= 0.3 is 12.0 Å². The zero-order chi connectivity index (χ0) is 22.7. The molecule has 0 radical (unpaired) electrons. The number of nitrogens with one attached hydrogen (secondary N) is 2. The minimum atomic E-state index is -0.733. The van der Waals surface area contributed by atoms with Crippen LogP contribution in [0.3, 0.4) is 0 Å². The van der Waals surface area contributed by atoms with Crippen molar-refractivity contribution in [3.8, 4) is 11.5 Å². The van der Waals surface area contributed by atoms with Crippen LogP contribution in [-0.2, 0) is 22.5 Å². The first-order valence-electron chi connectivity index (χ1n) is 10.6. The van der Waals surface area contributed by atoms with Gasteiger partial charge in [0, 0.05) is 25.3 Å². The van der Waals surface area contributed by atoms with Crippen LogP contribution in [0.15, 0.2) is 53.7 Å². The summed E-state index contributed by atoms with van der Waals surface area (Å²) in [6.07, 6.45) is 0.905. The van der Waals surface area contributed by atoms with Crippen LogP contribution in [-0.4, -0.2) is 48.8 Å². The molecule has 4 rings (SSSR count). The molecular formula is C24H27N3O5. The average Bonchev–Trinajstić information content (AvgIpc) is 2.80. The van der Waals surface area contributed by atoms with Crippen LogP contribution in [0, 0.1) is 0 Å². The summed E-state index contributed by atoms with van der Waals surface area (Å²) in [5.74, 6) is -0.246. The Morgan fingerprint density at radius 1 is 1.22 bits per heavy atom. The maximum atomic E-state index is 12.8. The van der Waals surface area contributed by atoms with Crippen molar-refractivity contribution in [1.29, 1.82) is 0 Å². The van der Waals surface area contributed by atoms with Gasteiger partial charge in [0.1, 0.15) is 0 Å². The van der Waals surface area contributed by atoms with E-state index < -0.39 is 18.0 Å². The molecule has 8 heteroatoms. The van der Waals surface area contributed by atoms with Gasteiger partial charge in [-0.3, -0.25) is 4.90 Å². The van der Waals surface area contributed by atoms with Gasteiger partial charge in [-0.25, -0.2) is 9.59 Å². The van der Waals surface area contributed by atoms with Crippen molar-refractivity contribution in [2.24, 2.45) is 0 Å². The van der Waals surface area contributed by atoms with Gasteiger partial charge in [-0.05, 0) is 42.2 Å². The van der Waals surface area contributed by atoms with Crippen molar-refractivity contribution in [2.75, 3.05) is 26.8 Å². The molecule has 32 heavy (non-hydrogen) atoms. The highest BCUT2D eigenvalue weighted by atomic mass is 16.5. The Morgan fingerprint density at radius 3 is 2.75 bits per heavy atom. The number of methoxy groups -OCH3 is 1. The lowest BCUT2D eigenvalue weighted by molar-refractivity contribution is -0.136. The van der Waals surface area contributed by atoms with E-state index in [4.69, 9.17) is 9.47 Å². The van der Waals surface area contributed by atoms with Gasteiger partial charge in [-0.1, -0.05) is 30.3 Å². The average molecular weight is 437 g/mol. The van der Waals surface area contributed by atoms with Gasteiger partial charge in [0.15, 0.2) is 11.5 Å². The van der Waals surface area contributed by atoms with Gasteiger partial charge in [-0.15, -0.1) is 0 Å². The van der Waals surface area contributed by atoms with Gasteiger partial charge in [-0.2, -0.15) is 0 Å². The summed E-state index contributed by atoms with van der Waals surface area (Å²) in [6, 6.07) is 11.9. The summed E-state index contributed by atoms with van der Waals surface area (Å²) in [6.45, 7) is 4.13. The van der Waals surface area contributed by atoms with Crippen molar-refractivity contribution >= 4 is 12.0 Å². The zero-order valence-electron chi connectivity index (χ0n) is 18.2. The molecule has 2 aromatic rings. The van der Waals surface area contributed by atoms with Crippen molar-refractivity contribution in [1.82, 2.24) is 15.5 Å². The van der Waals surface area contributed by atoms with Gasteiger partial charge in [0.05, 0.1) is 25.3 Å². The van der Waals surface area contributed by atoms with Crippen LogP contribution in [0.2, 0.25) is 0 Å². The molecule has 0 saturated heterocycles. The lowest BCUT2D eigenvalue weighted by Gasteiger charge is -2.34. The molecule has 0 saturated carbocycles. The number of nitrogens with zero attached hydrogens (tertiary/aromatic N) is 1. The molecule has 8 nitrogen and oxygen atoms in total. The van der Waals surface area contributed by atoms with Crippen molar-refractivity contribution in [2.45, 2.75) is 25.9 Å². The lowest BCUT2D eigenvalue weighted by atomic mass is 9.94. The number of esters is 1. The SMILES string of the molecule is CCOc1cc([C@@H]2NC(=O)NC(CN3CCc4ccccc4C3)=C2C(=O)OC)ccc1O. The molecule has 2 aliphatic rings. The third-order valence-electron chi connectivity index (χ3n) is 5.77. The second-order valence-electron chi connectivity index (χ2n) is 7.80. The number of hydrogen-bond acceptors (Lipinski definition) is 6. The number of carbonyl (C=O) groups excluding carboxylic acids is 2. The first-order chi connectivity index (χ1) is 15.5. The Hall–Kier alpha value is -3.52. The molecule has 0 spiro atoms. The summed E-state index contributed by atoms with van der Waals surface area (Å²) in [4.78, 5) is 27.5. The second kappa shape index (κ2) is 9.32. The highest BCUT2D eigenvalue weighted by Gasteiger charge is 2.35. The molecule has 168 valence electrons. The molecule has 3 N–H and O–H groups in total. The van der Waals surface area contributed by atoms with Crippen LogP contribution in [0.4, 0.5) is 4.79 Å². The van der Waals surface area contributed by atoms with E-state index in [9.17, 15) is 14.7 Å². The number of ether oxygens (including phenoxy) is 2. The molecule has 0 bridgehead atoms. The van der Waals surface area contributed by atoms with Crippen molar-refractivity contribution in [3.63, 3.8) is 0 Å². The first-order valence-corrected chi connectivity index (χ1v) is 10.6. The zero-order valence-corrected chi connectivity index (χ0v) is 18.2. The Morgan fingerprint density at radius 2 is 2.00 bits per heavy atom. The van der Waals surface area contributed by atoms with Gasteiger partial charge in [0.25, 0.3) is 0 Å². The fourth-order valence-corrected chi connectivity index (χ4v) is 4.24. The molecular weight excluding hydrogens is 410 g/mol. The summed E-state index contributed by atoms with van der Waals surface area (Å²) in [5, 5.41) is 15.7. The number of aromatic hydroxyl groups is 1. The maximum Gasteiger partial charge on any atom is 0.338 e. The Balaban J connectivity index is 1.68. The number of carbonyl (C=O) groups is 2. The number of amides is 2. The van der Waals surface area contributed by atoms with E-state index in [0.29, 0.717) is 30.0 Å². The minimum Gasteiger partial charge on any atom is -0.504 e. The Bertz CT molecular complexity index is 1070. The van der Waals surface area contributed by atoms with Gasteiger partial charge < -0.3 is 25.2 Å². The summed E-state index contributed by atoms with van der Waals surface area (Å²) in [7, 11) is 1.32. The number of rotatable bonds is 6. The number of benzene rings is 2. The third kappa shape index (κ3) is 4.40. The normalized spacial score (nSPS) is 18.4. The molecule has 0 aromatic heterocycles. The summed E-state index contributed by atoms with van der Waals surface area (Å²) in [5.41, 5.74) is 4.03. The smallest absolute Gasteiger partial charge is 0.338 e. The summed E-state index contributed by atoms with van der Waals surface area (Å²) >= 11 is 0. The monoisotopic (exact) mass is 437 g/mol. The molecule has 0 fully saturated rings. The topological polar surface area (TPSA) is 100 Å². The van der Waals surface area contributed by atoms with E-state index in [-0.39, 0.29) is 11.5 Å². The fourth-order valence-electron chi connectivity index (χ4n) is 4.24. The Kier molecular flexibility index (Phi) is 6.32. The first kappa shape index (κ1) is 21.7. The number of phenolic OH excluding ortho intramolecular Hbond substituents is 1. The van der Waals surface area contributed by atoms with Crippen LogP contribution in [0.5, 0.6) is 11.5 Å². The van der Waals surface area contributed by atoms with E-state index in [1.54, 1.807) is 12.1 Å². The highest BCUT2D eigenvalue weighted by Crippen LogP contribution is 2.34. The standard InChI is InChI=1S/C24H27N3O5/c1-3-32-20-12-16(8-9-19(20)28)22-21(23(29)31-2)18(25-24(30)26-22)14-27-11-10-15-6-4-5-7-17(15)13-27/h4-9,12,22,28H,3,10-11,13-14H2,1-2H3,(H2,25,26,30)/t22-/m0/s1. The predicted molar refractivity (Wildman–Crippen MR) is 118 cm³/mol. The molecule has 2 aromatic carbocycles. The van der Waals surface area contributed by atoms with Crippen LogP contribution < -0.4 is 15.4 Å². The fraction of sp³-hybridized carbons (Fsp3) is 0.333. The predicted octanol–water partition coefficient (Wildman–Crippen LogP) is 2.63. The lowest BCUT2D eigenvalue weighted by Crippen LogP contribution is -2.48. The van der Waals surface area contributed by atoms with Crippen LogP contribution in [0.1, 0.15) is 29.7 Å². The number of fused-ring (bicyclic) bond motifs is 1. The van der Waals surface area contributed by atoms with Crippen LogP contribution in [0.25, 0.3) is 0 Å². The molecule has 2 aliphatic heterocycles. The van der Waals surface area contributed by atoms with Gasteiger partial charge in [0.2, 0.25) is 0 Å². The number of hydrogen-bond donors (Lipinski definition) is 3. The number of urea groups is 1. The van der Waals surface area contributed by atoms with Crippen LogP contribution >= 0.6 is 0 Å². The van der Waals surface area contributed by atoms with E-state index in [2.05, 4.69) is 27.7 Å². The summed E-state index contributed by atoms with van der Waals surface area (Å²) < 4.78 is 10.5. The molecule has 0 aliphatic carbocycles. The molecule has 0 unspecified atom stereocenters. The minimum absolute atomic E-state index is 0.00772. The van der Waals surface area contributed by atoms with E-state index in [1.807, 2.05) is 19.1 Å². The largest absolute Gasteiger partial charge is 0.504 e. The Labute approximate surface area is 186 Å². The molecule has 1 atom stereocenters.